The summed E-state index contributed by atoms with van der Waals surface area (Å²) in [6.07, 6.45) is 0.262. The van der Waals surface area contributed by atoms with E-state index in [1.54, 1.807) is 0 Å². The van der Waals surface area contributed by atoms with Gasteiger partial charge < -0.3 is 4.74 Å². The average molecular weight is 117 g/mol. The fraction of sp³-hybridized carbons (Fsp3) is 0.750. The van der Waals surface area contributed by atoms with Gasteiger partial charge in [0.2, 0.25) is 5.23 Å². The zero-order valence-electron chi connectivity index (χ0n) is 4.10. The standard InChI is InChI=1S/C4H7NOS/c1-3-2-7-4(5)6-3/h3,5H,2H2,1H3. The molecule has 0 aliphatic carbocycles. The summed E-state index contributed by atoms with van der Waals surface area (Å²) >= 11 is 1.47. The van der Waals surface area contributed by atoms with E-state index in [9.17, 15) is 0 Å². The van der Waals surface area contributed by atoms with E-state index in [0.29, 0.717) is 5.23 Å². The molecular weight excluding hydrogens is 110 g/mol. The Morgan fingerprint density at radius 3 is 2.86 bits per heavy atom. The highest BCUT2D eigenvalue weighted by Gasteiger charge is 2.15. The third-order valence-electron chi connectivity index (χ3n) is 0.757. The predicted octanol–water partition coefficient (Wildman–Crippen LogP) is 1.07. The molecule has 3 heteroatoms. The number of nitrogens with one attached hydrogen (secondary N) is 1. The SMILES string of the molecule is CC1CSC(=N)O1. The molecule has 2 nitrogen and oxygen atoms in total. The highest BCUT2D eigenvalue weighted by Crippen LogP contribution is 2.17. The van der Waals surface area contributed by atoms with E-state index in [2.05, 4.69) is 0 Å². The van der Waals surface area contributed by atoms with Gasteiger partial charge in [0.15, 0.2) is 0 Å². The maximum absolute atomic E-state index is 6.92. The molecule has 0 amide bonds. The lowest BCUT2D eigenvalue weighted by atomic mass is 10.5. The van der Waals surface area contributed by atoms with Crippen LogP contribution in [0, 0.1) is 5.41 Å². The Morgan fingerprint density at radius 2 is 2.71 bits per heavy atom. The highest BCUT2D eigenvalue weighted by molar-refractivity contribution is 8.13. The van der Waals surface area contributed by atoms with Crippen LogP contribution in [0.2, 0.25) is 0 Å². The molecule has 1 fully saturated rings. The zero-order chi connectivity index (χ0) is 5.28. The van der Waals surface area contributed by atoms with Crippen LogP contribution < -0.4 is 0 Å². The molecule has 7 heavy (non-hydrogen) atoms. The van der Waals surface area contributed by atoms with Crippen molar-refractivity contribution in [3.05, 3.63) is 0 Å². The Morgan fingerprint density at radius 1 is 2.00 bits per heavy atom. The van der Waals surface area contributed by atoms with Crippen LogP contribution in [-0.4, -0.2) is 17.1 Å². The van der Waals surface area contributed by atoms with Crippen molar-refractivity contribution in [1.82, 2.24) is 0 Å². The van der Waals surface area contributed by atoms with Gasteiger partial charge in [-0.1, -0.05) is 11.8 Å². The molecule has 1 aliphatic heterocycles. The van der Waals surface area contributed by atoms with E-state index in [-0.39, 0.29) is 6.10 Å². The second-order valence-electron chi connectivity index (χ2n) is 1.53. The van der Waals surface area contributed by atoms with Crippen LogP contribution in [0.25, 0.3) is 0 Å². The maximum atomic E-state index is 6.92. The van der Waals surface area contributed by atoms with Gasteiger partial charge in [-0.05, 0) is 6.92 Å². The lowest BCUT2D eigenvalue weighted by Crippen LogP contribution is -2.01. The quantitative estimate of drug-likeness (QED) is 0.515. The maximum Gasteiger partial charge on any atom is 0.243 e. The summed E-state index contributed by atoms with van der Waals surface area (Å²) < 4.78 is 4.91. The van der Waals surface area contributed by atoms with Crippen LogP contribution in [0.5, 0.6) is 0 Å². The first-order valence-corrected chi connectivity index (χ1v) is 3.15. The Balaban J connectivity index is 2.40. The molecule has 0 bridgehead atoms. The molecule has 40 valence electrons. The molecule has 1 saturated heterocycles. The summed E-state index contributed by atoms with van der Waals surface area (Å²) in [6, 6.07) is 0. The van der Waals surface area contributed by atoms with Crippen molar-refractivity contribution in [2.45, 2.75) is 13.0 Å². The van der Waals surface area contributed by atoms with E-state index < -0.39 is 0 Å². The molecule has 0 aromatic rings. The van der Waals surface area contributed by atoms with Crippen molar-refractivity contribution < 1.29 is 4.74 Å². The Kier molecular flexibility index (Phi) is 1.23. The molecule has 1 N–H and O–H groups in total. The van der Waals surface area contributed by atoms with E-state index in [1.165, 1.54) is 11.8 Å². The largest absolute Gasteiger partial charge is 0.469 e. The number of rotatable bonds is 0. The van der Waals surface area contributed by atoms with Crippen molar-refractivity contribution in [2.24, 2.45) is 0 Å². The summed E-state index contributed by atoms with van der Waals surface area (Å²) in [5, 5.41) is 7.29. The van der Waals surface area contributed by atoms with Gasteiger partial charge in [0.1, 0.15) is 6.10 Å². The minimum atomic E-state index is 0.262. The van der Waals surface area contributed by atoms with Crippen LogP contribution in [0.4, 0.5) is 0 Å². The molecule has 0 aromatic carbocycles. The summed E-state index contributed by atoms with van der Waals surface area (Å²) in [6.45, 7) is 1.97. The molecular formula is C4H7NOS. The first-order valence-electron chi connectivity index (χ1n) is 2.17. The van der Waals surface area contributed by atoms with Gasteiger partial charge in [-0.2, -0.15) is 0 Å². The van der Waals surface area contributed by atoms with Crippen molar-refractivity contribution in [2.75, 3.05) is 5.75 Å². The van der Waals surface area contributed by atoms with E-state index in [0.717, 1.165) is 5.75 Å². The van der Waals surface area contributed by atoms with Crippen molar-refractivity contribution in [3.8, 4) is 0 Å². The number of hydrogen-bond acceptors (Lipinski definition) is 3. The molecule has 0 spiro atoms. The van der Waals surface area contributed by atoms with Gasteiger partial charge in [-0.25, -0.2) is 0 Å². The lowest BCUT2D eigenvalue weighted by Gasteiger charge is -1.95. The average Bonchev–Trinajstić information content (AvgIpc) is 1.87. The van der Waals surface area contributed by atoms with Crippen LogP contribution >= 0.6 is 11.8 Å². The first-order chi connectivity index (χ1) is 3.29. The second kappa shape index (κ2) is 1.74. The molecule has 1 rings (SSSR count). The summed E-state index contributed by atoms with van der Waals surface area (Å²) in [4.78, 5) is 0. The number of thioether (sulfide) groups is 1. The second-order valence-corrected chi connectivity index (χ2v) is 2.52. The van der Waals surface area contributed by atoms with Crippen LogP contribution in [-0.2, 0) is 4.74 Å². The third-order valence-corrected chi connectivity index (χ3v) is 1.75. The third kappa shape index (κ3) is 1.09. The van der Waals surface area contributed by atoms with E-state index in [1.807, 2.05) is 6.92 Å². The number of ether oxygens (including phenoxy) is 1. The fourth-order valence-corrected chi connectivity index (χ4v) is 1.13. The van der Waals surface area contributed by atoms with Crippen LogP contribution in [0.15, 0.2) is 0 Å². The van der Waals surface area contributed by atoms with Crippen molar-refractivity contribution in [1.29, 1.82) is 5.41 Å². The van der Waals surface area contributed by atoms with Gasteiger partial charge >= 0.3 is 0 Å². The minimum absolute atomic E-state index is 0.262. The van der Waals surface area contributed by atoms with E-state index in [4.69, 9.17) is 10.1 Å². The number of hydrogen-bond donors (Lipinski definition) is 1. The fourth-order valence-electron chi connectivity index (χ4n) is 0.444. The zero-order valence-corrected chi connectivity index (χ0v) is 4.92. The van der Waals surface area contributed by atoms with Gasteiger partial charge in [0, 0.05) is 5.75 Å². The Bertz CT molecular complexity index is 93.7. The van der Waals surface area contributed by atoms with Gasteiger partial charge in [-0.15, -0.1) is 0 Å². The highest BCUT2D eigenvalue weighted by atomic mass is 32.2. The topological polar surface area (TPSA) is 33.1 Å². The lowest BCUT2D eigenvalue weighted by molar-refractivity contribution is 0.250. The van der Waals surface area contributed by atoms with Crippen LogP contribution in [0.1, 0.15) is 6.92 Å². The van der Waals surface area contributed by atoms with Crippen molar-refractivity contribution in [3.63, 3.8) is 0 Å². The van der Waals surface area contributed by atoms with Gasteiger partial charge in [0.05, 0.1) is 0 Å². The van der Waals surface area contributed by atoms with Gasteiger partial charge in [-0.3, -0.25) is 5.41 Å². The molecule has 0 saturated carbocycles. The molecule has 1 heterocycles. The van der Waals surface area contributed by atoms with E-state index >= 15 is 0 Å². The smallest absolute Gasteiger partial charge is 0.243 e. The molecule has 0 aromatic heterocycles. The molecule has 0 radical (unpaired) electrons. The first kappa shape index (κ1) is 4.97. The Hall–Kier alpha value is -0.180. The molecule has 1 aliphatic rings. The van der Waals surface area contributed by atoms with Gasteiger partial charge in [0.25, 0.3) is 0 Å². The molecule has 1 unspecified atom stereocenters. The summed E-state index contributed by atoms with van der Waals surface area (Å²) in [5.41, 5.74) is 0. The van der Waals surface area contributed by atoms with Crippen molar-refractivity contribution >= 4 is 17.0 Å². The monoisotopic (exact) mass is 117 g/mol. The normalized spacial score (nSPS) is 30.4. The summed E-state index contributed by atoms with van der Waals surface area (Å²) in [5.74, 6) is 0.943. The predicted molar refractivity (Wildman–Crippen MR) is 30.7 cm³/mol. The minimum Gasteiger partial charge on any atom is -0.469 e. The summed E-state index contributed by atoms with van der Waals surface area (Å²) in [7, 11) is 0. The Labute approximate surface area is 46.8 Å². The van der Waals surface area contributed by atoms with Crippen LogP contribution in [0.3, 0.4) is 0 Å². The molecule has 1 atom stereocenters.